The number of alkyl carbamates (subject to hydrolysis) is 1. The quantitative estimate of drug-likeness (QED) is 0.639. The van der Waals surface area contributed by atoms with Gasteiger partial charge in [-0.1, -0.05) is 72.5 Å². The van der Waals surface area contributed by atoms with Gasteiger partial charge >= 0.3 is 6.09 Å². The minimum Gasteiger partial charge on any atom is -0.449 e. The van der Waals surface area contributed by atoms with Crippen LogP contribution in [0.4, 0.5) is 4.79 Å². The van der Waals surface area contributed by atoms with Gasteiger partial charge in [0.2, 0.25) is 0 Å². The molecule has 150 valence electrons. The zero-order valence-corrected chi connectivity index (χ0v) is 16.7. The SMILES string of the molecule is NCCc1ccc(C#CCNC(=O)OCC2c3ccccc3-c3ccccc32)cc1. The van der Waals surface area contributed by atoms with Crippen LogP contribution in [0, 0.1) is 11.8 Å². The van der Waals surface area contributed by atoms with Gasteiger partial charge in [0.25, 0.3) is 0 Å². The number of nitrogens with one attached hydrogen (secondary N) is 1. The smallest absolute Gasteiger partial charge is 0.407 e. The standard InChI is InChI=1S/C26H24N2O2/c27-16-15-20-13-11-19(12-14-20)6-5-17-28-26(29)30-18-25-23-9-3-1-7-21(23)22-8-2-4-10-24(22)25/h1-4,7-14,25H,15-18,27H2,(H,28,29). The number of hydrogen-bond donors (Lipinski definition) is 2. The highest BCUT2D eigenvalue weighted by molar-refractivity contribution is 5.79. The number of ether oxygens (including phenoxy) is 1. The molecule has 1 aliphatic rings. The minimum absolute atomic E-state index is 0.0567. The van der Waals surface area contributed by atoms with Crippen LogP contribution in [-0.2, 0) is 11.2 Å². The molecule has 3 aromatic carbocycles. The first-order chi connectivity index (χ1) is 14.8. The highest BCUT2D eigenvalue weighted by Crippen LogP contribution is 2.44. The predicted molar refractivity (Wildman–Crippen MR) is 119 cm³/mol. The van der Waals surface area contributed by atoms with E-state index in [1.807, 2.05) is 48.5 Å². The van der Waals surface area contributed by atoms with Crippen LogP contribution in [0.3, 0.4) is 0 Å². The maximum Gasteiger partial charge on any atom is 0.407 e. The van der Waals surface area contributed by atoms with E-state index in [1.54, 1.807) is 0 Å². The summed E-state index contributed by atoms with van der Waals surface area (Å²) in [5, 5.41) is 2.71. The molecule has 0 atom stereocenters. The van der Waals surface area contributed by atoms with E-state index >= 15 is 0 Å². The summed E-state index contributed by atoms with van der Waals surface area (Å²) in [5.41, 5.74) is 12.5. The largest absolute Gasteiger partial charge is 0.449 e. The maximum absolute atomic E-state index is 12.1. The van der Waals surface area contributed by atoms with Crippen LogP contribution in [0.5, 0.6) is 0 Å². The fraction of sp³-hybridized carbons (Fsp3) is 0.192. The van der Waals surface area contributed by atoms with E-state index in [1.165, 1.54) is 27.8 Å². The van der Waals surface area contributed by atoms with Crippen molar-refractivity contribution < 1.29 is 9.53 Å². The molecule has 3 aromatic rings. The Morgan fingerprint density at radius 1 is 0.933 bits per heavy atom. The predicted octanol–water partition coefficient (Wildman–Crippen LogP) is 4.08. The molecule has 0 heterocycles. The Balaban J connectivity index is 1.31. The van der Waals surface area contributed by atoms with Crippen molar-refractivity contribution in [3.05, 3.63) is 95.1 Å². The fourth-order valence-corrected chi connectivity index (χ4v) is 3.83. The Labute approximate surface area is 177 Å². The number of rotatable bonds is 5. The number of carbonyl (C=O) groups excluding carboxylic acids is 1. The van der Waals surface area contributed by atoms with Crippen molar-refractivity contribution >= 4 is 6.09 Å². The molecule has 0 fully saturated rings. The summed E-state index contributed by atoms with van der Waals surface area (Å²) >= 11 is 0. The third kappa shape index (κ3) is 4.37. The van der Waals surface area contributed by atoms with Crippen LogP contribution in [0.15, 0.2) is 72.8 Å². The van der Waals surface area contributed by atoms with Crippen LogP contribution in [0.25, 0.3) is 11.1 Å². The van der Waals surface area contributed by atoms with E-state index < -0.39 is 6.09 Å². The third-order valence-electron chi connectivity index (χ3n) is 5.28. The normalized spacial score (nSPS) is 11.8. The number of carbonyl (C=O) groups is 1. The summed E-state index contributed by atoms with van der Waals surface area (Å²) in [6.45, 7) is 1.17. The van der Waals surface area contributed by atoms with Gasteiger partial charge in [-0.05, 0) is 52.9 Å². The molecule has 4 rings (SSSR count). The lowest BCUT2D eigenvalue weighted by molar-refractivity contribution is 0.144. The lowest BCUT2D eigenvalue weighted by Crippen LogP contribution is -2.26. The van der Waals surface area contributed by atoms with Gasteiger partial charge in [0.05, 0.1) is 6.54 Å². The molecule has 1 amide bonds. The Morgan fingerprint density at radius 2 is 1.57 bits per heavy atom. The Morgan fingerprint density at radius 3 is 2.20 bits per heavy atom. The molecular weight excluding hydrogens is 372 g/mol. The molecule has 0 radical (unpaired) electrons. The van der Waals surface area contributed by atoms with Gasteiger partial charge in [-0.15, -0.1) is 0 Å². The van der Waals surface area contributed by atoms with Crippen LogP contribution in [-0.4, -0.2) is 25.8 Å². The second-order valence-corrected chi connectivity index (χ2v) is 7.22. The summed E-state index contributed by atoms with van der Waals surface area (Å²) in [4.78, 5) is 12.1. The lowest BCUT2D eigenvalue weighted by atomic mass is 9.98. The van der Waals surface area contributed by atoms with E-state index in [-0.39, 0.29) is 12.5 Å². The van der Waals surface area contributed by atoms with E-state index in [9.17, 15) is 4.79 Å². The van der Waals surface area contributed by atoms with E-state index in [0.717, 1.165) is 12.0 Å². The van der Waals surface area contributed by atoms with Crippen molar-refractivity contribution in [2.75, 3.05) is 19.7 Å². The number of hydrogen-bond acceptors (Lipinski definition) is 3. The number of fused-ring (bicyclic) bond motifs is 3. The molecule has 0 aliphatic heterocycles. The van der Waals surface area contributed by atoms with Crippen molar-refractivity contribution in [3.8, 4) is 23.0 Å². The monoisotopic (exact) mass is 396 g/mol. The van der Waals surface area contributed by atoms with Gasteiger partial charge in [-0.3, -0.25) is 0 Å². The Bertz CT molecular complexity index is 1050. The molecule has 3 N–H and O–H groups in total. The molecule has 0 saturated carbocycles. The van der Waals surface area contributed by atoms with Crippen LogP contribution < -0.4 is 11.1 Å². The number of amides is 1. The maximum atomic E-state index is 12.1. The summed E-state index contributed by atoms with van der Waals surface area (Å²) in [6, 6.07) is 24.5. The molecule has 0 spiro atoms. The van der Waals surface area contributed by atoms with Crippen LogP contribution in [0.2, 0.25) is 0 Å². The summed E-state index contributed by atoms with van der Waals surface area (Å²) in [6.07, 6.45) is 0.404. The first kappa shape index (κ1) is 19.8. The third-order valence-corrected chi connectivity index (χ3v) is 5.28. The molecule has 1 aliphatic carbocycles. The van der Waals surface area contributed by atoms with Gasteiger partial charge in [-0.25, -0.2) is 4.79 Å². The molecule has 0 bridgehead atoms. The number of benzene rings is 3. The van der Waals surface area contributed by atoms with Gasteiger partial charge in [0, 0.05) is 11.5 Å². The Hall–Kier alpha value is -3.55. The molecule has 0 unspecified atom stereocenters. The number of nitrogens with two attached hydrogens (primary N) is 1. The highest BCUT2D eigenvalue weighted by atomic mass is 16.5. The fourth-order valence-electron chi connectivity index (χ4n) is 3.83. The summed E-state index contributed by atoms with van der Waals surface area (Å²) in [5.74, 6) is 6.05. The van der Waals surface area contributed by atoms with E-state index in [4.69, 9.17) is 10.5 Å². The topological polar surface area (TPSA) is 64.3 Å². The van der Waals surface area contributed by atoms with Gasteiger partial charge in [0.1, 0.15) is 6.61 Å². The van der Waals surface area contributed by atoms with Crippen LogP contribution in [0.1, 0.15) is 28.2 Å². The lowest BCUT2D eigenvalue weighted by Gasteiger charge is -2.14. The zero-order chi connectivity index (χ0) is 20.8. The van der Waals surface area contributed by atoms with Crippen molar-refractivity contribution in [1.82, 2.24) is 5.32 Å². The molecule has 0 aromatic heterocycles. The van der Waals surface area contributed by atoms with Crippen molar-refractivity contribution in [2.45, 2.75) is 12.3 Å². The summed E-state index contributed by atoms with van der Waals surface area (Å²) < 4.78 is 5.50. The summed E-state index contributed by atoms with van der Waals surface area (Å²) in [7, 11) is 0. The molecular formula is C26H24N2O2. The van der Waals surface area contributed by atoms with E-state index in [2.05, 4.69) is 41.4 Å². The molecule has 4 nitrogen and oxygen atoms in total. The van der Waals surface area contributed by atoms with Crippen molar-refractivity contribution in [1.29, 1.82) is 0 Å². The van der Waals surface area contributed by atoms with Crippen molar-refractivity contribution in [2.24, 2.45) is 5.73 Å². The van der Waals surface area contributed by atoms with E-state index in [0.29, 0.717) is 13.2 Å². The minimum atomic E-state index is -0.454. The first-order valence-electron chi connectivity index (χ1n) is 10.1. The van der Waals surface area contributed by atoms with Gasteiger partial charge < -0.3 is 15.8 Å². The second kappa shape index (κ2) is 9.30. The first-order valence-corrected chi connectivity index (χ1v) is 10.1. The van der Waals surface area contributed by atoms with Gasteiger partial charge in [0.15, 0.2) is 0 Å². The zero-order valence-electron chi connectivity index (χ0n) is 16.7. The molecule has 30 heavy (non-hydrogen) atoms. The molecule has 0 saturated heterocycles. The molecule has 4 heteroatoms. The highest BCUT2D eigenvalue weighted by Gasteiger charge is 2.28. The second-order valence-electron chi connectivity index (χ2n) is 7.22. The van der Waals surface area contributed by atoms with Crippen LogP contribution >= 0.6 is 0 Å². The average Bonchev–Trinajstić information content (AvgIpc) is 3.10. The average molecular weight is 396 g/mol. The van der Waals surface area contributed by atoms with Gasteiger partial charge in [-0.2, -0.15) is 0 Å². The Kier molecular flexibility index (Phi) is 6.12. The van der Waals surface area contributed by atoms with Crippen molar-refractivity contribution in [3.63, 3.8) is 0 Å².